The summed E-state index contributed by atoms with van der Waals surface area (Å²) in [5, 5.41) is 0. The van der Waals surface area contributed by atoms with Crippen molar-refractivity contribution in [3.8, 4) is 11.5 Å². The maximum atomic E-state index is 14.1. The summed E-state index contributed by atoms with van der Waals surface area (Å²) in [6, 6.07) is 8.80. The molecule has 0 atom stereocenters. The van der Waals surface area contributed by atoms with Crippen molar-refractivity contribution in [3.05, 3.63) is 84.5 Å². The first kappa shape index (κ1) is 18.8. The summed E-state index contributed by atoms with van der Waals surface area (Å²) in [4.78, 5) is 22.2. The van der Waals surface area contributed by atoms with Crippen LogP contribution in [0.25, 0.3) is 12.2 Å². The van der Waals surface area contributed by atoms with Crippen molar-refractivity contribution in [1.82, 2.24) is 0 Å². The largest absolute Gasteiger partial charge is 0.423 e. The topological polar surface area (TPSA) is 52.6 Å². The number of carbonyl (C=O) groups excluding carboxylic acids is 2. The molecule has 0 spiro atoms. The second kappa shape index (κ2) is 8.53. The number of hydrogen-bond donors (Lipinski definition) is 0. The monoisotopic (exact) mass is 356 g/mol. The van der Waals surface area contributed by atoms with Crippen LogP contribution in [0.15, 0.2) is 61.7 Å². The van der Waals surface area contributed by atoms with E-state index < -0.39 is 29.3 Å². The number of halogens is 2. The van der Waals surface area contributed by atoms with Gasteiger partial charge in [0.25, 0.3) is 0 Å². The van der Waals surface area contributed by atoms with E-state index in [1.54, 1.807) is 30.3 Å². The first-order valence-electron chi connectivity index (χ1n) is 7.39. The van der Waals surface area contributed by atoms with E-state index in [1.807, 2.05) is 0 Å². The van der Waals surface area contributed by atoms with Gasteiger partial charge in [-0.15, -0.1) is 0 Å². The lowest BCUT2D eigenvalue weighted by Crippen LogP contribution is -2.06. The predicted octanol–water partition coefficient (Wildman–Crippen LogP) is 4.32. The molecule has 2 aromatic carbocycles. The molecule has 0 bridgehead atoms. The Morgan fingerprint density at radius 3 is 2.04 bits per heavy atom. The van der Waals surface area contributed by atoms with Gasteiger partial charge >= 0.3 is 11.9 Å². The molecule has 0 aliphatic rings. The van der Waals surface area contributed by atoms with Gasteiger partial charge in [0, 0.05) is 17.7 Å². The Balaban J connectivity index is 2.16. The molecule has 2 rings (SSSR count). The molecule has 0 saturated heterocycles. The third kappa shape index (κ3) is 4.73. The van der Waals surface area contributed by atoms with Crippen molar-refractivity contribution in [1.29, 1.82) is 0 Å². The highest BCUT2D eigenvalue weighted by Gasteiger charge is 2.14. The van der Waals surface area contributed by atoms with E-state index >= 15 is 0 Å². The second-order valence-electron chi connectivity index (χ2n) is 4.93. The molecular formula is C20H14F2O4. The summed E-state index contributed by atoms with van der Waals surface area (Å²) in [5.74, 6) is -4.07. The third-order valence-corrected chi connectivity index (χ3v) is 3.17. The fourth-order valence-electron chi connectivity index (χ4n) is 1.90. The van der Waals surface area contributed by atoms with Crippen LogP contribution in [0.5, 0.6) is 11.5 Å². The van der Waals surface area contributed by atoms with E-state index in [0.717, 1.165) is 18.2 Å². The maximum absolute atomic E-state index is 14.1. The van der Waals surface area contributed by atoms with Crippen molar-refractivity contribution >= 4 is 24.1 Å². The van der Waals surface area contributed by atoms with Crippen molar-refractivity contribution in [2.75, 3.05) is 0 Å². The molecule has 0 aliphatic carbocycles. The Hall–Kier alpha value is -3.54. The number of carbonyl (C=O) groups is 2. The number of rotatable bonds is 6. The van der Waals surface area contributed by atoms with E-state index in [1.165, 1.54) is 12.1 Å². The molecule has 0 N–H and O–H groups in total. The van der Waals surface area contributed by atoms with Crippen molar-refractivity contribution in [3.63, 3.8) is 0 Å². The highest BCUT2D eigenvalue weighted by Crippen LogP contribution is 2.24. The van der Waals surface area contributed by atoms with E-state index in [-0.39, 0.29) is 5.56 Å². The summed E-state index contributed by atoms with van der Waals surface area (Å²) in [7, 11) is 0. The standard InChI is InChI=1S/C20H14F2O4/c1-3-17(23)25-15-10-6-13(7-11-15)5-8-14-9-12-16(20(22)19(14)21)26-18(24)4-2/h3-12H,1-2H2. The SMILES string of the molecule is C=CC(=O)Oc1ccc(C=Cc2ccc(OC(=O)C=C)c(F)c2F)cc1. The molecule has 4 nitrogen and oxygen atoms in total. The quantitative estimate of drug-likeness (QED) is 0.335. The van der Waals surface area contributed by atoms with Crippen molar-refractivity contribution in [2.24, 2.45) is 0 Å². The molecule has 0 amide bonds. The van der Waals surface area contributed by atoms with Crippen LogP contribution in [-0.2, 0) is 9.59 Å². The van der Waals surface area contributed by atoms with Gasteiger partial charge in [-0.3, -0.25) is 0 Å². The van der Waals surface area contributed by atoms with Gasteiger partial charge in [-0.1, -0.05) is 37.4 Å². The zero-order chi connectivity index (χ0) is 19.1. The minimum Gasteiger partial charge on any atom is -0.423 e. The van der Waals surface area contributed by atoms with Crippen molar-refractivity contribution in [2.45, 2.75) is 0 Å². The Kier molecular flexibility index (Phi) is 6.16. The molecule has 0 unspecified atom stereocenters. The Morgan fingerprint density at radius 2 is 1.42 bits per heavy atom. The molecule has 0 aromatic heterocycles. The van der Waals surface area contributed by atoms with Crippen LogP contribution < -0.4 is 9.47 Å². The number of esters is 2. The van der Waals surface area contributed by atoms with Gasteiger partial charge in [-0.25, -0.2) is 14.0 Å². The highest BCUT2D eigenvalue weighted by atomic mass is 19.2. The summed E-state index contributed by atoms with van der Waals surface area (Å²) < 4.78 is 37.5. The van der Waals surface area contributed by atoms with Gasteiger partial charge in [0.15, 0.2) is 11.6 Å². The minimum absolute atomic E-state index is 0.0249. The molecule has 2 aromatic rings. The Morgan fingerprint density at radius 1 is 0.808 bits per heavy atom. The van der Waals surface area contributed by atoms with Gasteiger partial charge < -0.3 is 9.47 Å². The zero-order valence-corrected chi connectivity index (χ0v) is 13.6. The Labute approximate surface area is 148 Å². The summed E-state index contributed by atoms with van der Waals surface area (Å²) in [6.45, 7) is 6.48. The summed E-state index contributed by atoms with van der Waals surface area (Å²) >= 11 is 0. The third-order valence-electron chi connectivity index (χ3n) is 3.17. The fourth-order valence-corrected chi connectivity index (χ4v) is 1.90. The average molecular weight is 356 g/mol. The Bertz CT molecular complexity index is 883. The van der Waals surface area contributed by atoms with Crippen LogP contribution in [0.2, 0.25) is 0 Å². The van der Waals surface area contributed by atoms with Crippen LogP contribution in [0, 0.1) is 11.6 Å². The van der Waals surface area contributed by atoms with Crippen LogP contribution >= 0.6 is 0 Å². The zero-order valence-electron chi connectivity index (χ0n) is 13.6. The number of hydrogen-bond acceptors (Lipinski definition) is 4. The normalized spacial score (nSPS) is 10.4. The van der Waals surface area contributed by atoms with Crippen LogP contribution in [-0.4, -0.2) is 11.9 Å². The maximum Gasteiger partial charge on any atom is 0.335 e. The smallest absolute Gasteiger partial charge is 0.335 e. The van der Waals surface area contributed by atoms with E-state index in [9.17, 15) is 18.4 Å². The van der Waals surface area contributed by atoms with Gasteiger partial charge in [-0.05, 0) is 29.8 Å². The van der Waals surface area contributed by atoms with E-state index in [0.29, 0.717) is 11.3 Å². The fraction of sp³-hybridized carbons (Fsp3) is 0. The van der Waals surface area contributed by atoms with Gasteiger partial charge in [0.05, 0.1) is 0 Å². The number of benzene rings is 2. The number of ether oxygens (including phenoxy) is 2. The highest BCUT2D eigenvalue weighted by molar-refractivity contribution is 5.84. The molecule has 0 fully saturated rings. The predicted molar refractivity (Wildman–Crippen MR) is 93.4 cm³/mol. The lowest BCUT2D eigenvalue weighted by Gasteiger charge is -2.05. The molecular weight excluding hydrogens is 342 g/mol. The average Bonchev–Trinajstić information content (AvgIpc) is 2.65. The van der Waals surface area contributed by atoms with Crippen LogP contribution in [0.3, 0.4) is 0 Å². The molecule has 0 saturated carbocycles. The van der Waals surface area contributed by atoms with Crippen molar-refractivity contribution < 1.29 is 27.8 Å². The molecule has 26 heavy (non-hydrogen) atoms. The first-order chi connectivity index (χ1) is 12.4. The molecule has 0 aliphatic heterocycles. The van der Waals surface area contributed by atoms with Crippen LogP contribution in [0.4, 0.5) is 8.78 Å². The lowest BCUT2D eigenvalue weighted by molar-refractivity contribution is -0.130. The first-order valence-corrected chi connectivity index (χ1v) is 7.39. The molecule has 0 heterocycles. The molecule has 6 heteroatoms. The van der Waals surface area contributed by atoms with Gasteiger partial charge in [0.1, 0.15) is 5.75 Å². The van der Waals surface area contributed by atoms with E-state index in [4.69, 9.17) is 4.74 Å². The van der Waals surface area contributed by atoms with Gasteiger partial charge in [0.2, 0.25) is 5.82 Å². The molecule has 0 radical (unpaired) electrons. The second-order valence-corrected chi connectivity index (χ2v) is 4.93. The summed E-state index contributed by atoms with van der Waals surface area (Å²) in [6.07, 6.45) is 4.80. The minimum atomic E-state index is -1.27. The van der Waals surface area contributed by atoms with E-state index in [2.05, 4.69) is 17.9 Å². The molecule has 132 valence electrons. The summed E-state index contributed by atoms with van der Waals surface area (Å²) in [5.41, 5.74) is 0.647. The lowest BCUT2D eigenvalue weighted by atomic mass is 10.1. The van der Waals surface area contributed by atoms with Crippen LogP contribution in [0.1, 0.15) is 11.1 Å². The van der Waals surface area contributed by atoms with Gasteiger partial charge in [-0.2, -0.15) is 4.39 Å².